The second-order valence-electron chi connectivity index (χ2n) is 4.32. The third-order valence-corrected chi connectivity index (χ3v) is 3.12. The molecule has 1 saturated heterocycles. The molecule has 4 nitrogen and oxygen atoms in total. The van der Waals surface area contributed by atoms with E-state index >= 15 is 0 Å². The Bertz CT molecular complexity index is 403. The van der Waals surface area contributed by atoms with Crippen molar-refractivity contribution in [2.24, 2.45) is 0 Å². The molecule has 0 aromatic carbocycles. The molecular weight excluding hydrogens is 265 g/mol. The summed E-state index contributed by atoms with van der Waals surface area (Å²) in [5, 5.41) is 0. The zero-order chi connectivity index (χ0) is 12.6. The average Bonchev–Trinajstić information content (AvgIpc) is 2.83. The van der Waals surface area contributed by atoms with E-state index in [1.807, 2.05) is 6.07 Å². The molecule has 0 bridgehead atoms. The predicted octanol–water partition coefficient (Wildman–Crippen LogP) is 2.72. The first-order valence-corrected chi connectivity index (χ1v) is 6.10. The van der Waals surface area contributed by atoms with Crippen LogP contribution in [0.25, 0.3) is 0 Å². The van der Waals surface area contributed by atoms with Crippen LogP contribution in [-0.4, -0.2) is 27.9 Å². The molecule has 1 amide bonds. The lowest BCUT2D eigenvalue weighted by Crippen LogP contribution is -2.45. The third-order valence-electron chi connectivity index (χ3n) is 2.74. The van der Waals surface area contributed by atoms with Gasteiger partial charge in [0.1, 0.15) is 17.6 Å². The number of carbonyl (C=O) groups is 1. The van der Waals surface area contributed by atoms with Crippen LogP contribution >= 0.6 is 23.2 Å². The van der Waals surface area contributed by atoms with Crippen LogP contribution in [0.5, 0.6) is 0 Å². The molecule has 0 unspecified atom stereocenters. The molecule has 0 radical (unpaired) electrons. The van der Waals surface area contributed by atoms with E-state index in [0.717, 1.165) is 0 Å². The summed E-state index contributed by atoms with van der Waals surface area (Å²) in [6, 6.07) is 3.59. The summed E-state index contributed by atoms with van der Waals surface area (Å²) in [5.41, 5.74) is -0.740. The summed E-state index contributed by atoms with van der Waals surface area (Å²) in [4.78, 5) is 12.3. The fourth-order valence-electron chi connectivity index (χ4n) is 1.93. The third kappa shape index (κ3) is 2.44. The number of alkyl halides is 2. The van der Waals surface area contributed by atoms with Crippen molar-refractivity contribution in [1.82, 2.24) is 4.90 Å². The van der Waals surface area contributed by atoms with Gasteiger partial charge < -0.3 is 14.1 Å². The molecule has 2 rings (SSSR count). The minimum Gasteiger partial charge on any atom is -0.467 e. The SMILES string of the molecule is CC1(C)O[C@@H](c2ccco2)CN1C(=O)C(Cl)Cl. The maximum atomic E-state index is 11.8. The molecule has 17 heavy (non-hydrogen) atoms. The highest BCUT2D eigenvalue weighted by Crippen LogP contribution is 2.36. The van der Waals surface area contributed by atoms with E-state index in [4.69, 9.17) is 32.4 Å². The summed E-state index contributed by atoms with van der Waals surface area (Å²) in [6.45, 7) is 3.98. The van der Waals surface area contributed by atoms with Crippen LogP contribution in [0.1, 0.15) is 25.7 Å². The molecule has 0 aliphatic carbocycles. The van der Waals surface area contributed by atoms with Crippen molar-refractivity contribution in [2.45, 2.75) is 30.5 Å². The second kappa shape index (κ2) is 4.52. The van der Waals surface area contributed by atoms with Gasteiger partial charge in [0.15, 0.2) is 4.84 Å². The van der Waals surface area contributed by atoms with Crippen LogP contribution in [-0.2, 0) is 9.53 Å². The van der Waals surface area contributed by atoms with Crippen molar-refractivity contribution >= 4 is 29.1 Å². The fourth-order valence-corrected chi connectivity index (χ4v) is 2.17. The predicted molar refractivity (Wildman–Crippen MR) is 63.8 cm³/mol. The highest BCUT2D eigenvalue weighted by molar-refractivity contribution is 6.53. The molecule has 1 aromatic rings. The molecular formula is C11H13Cl2NO3. The zero-order valence-corrected chi connectivity index (χ0v) is 11.0. The van der Waals surface area contributed by atoms with Crippen LogP contribution in [0.15, 0.2) is 22.8 Å². The van der Waals surface area contributed by atoms with Gasteiger partial charge in [-0.2, -0.15) is 0 Å². The molecule has 6 heteroatoms. The zero-order valence-electron chi connectivity index (χ0n) is 9.52. The van der Waals surface area contributed by atoms with Gasteiger partial charge in [0.05, 0.1) is 12.8 Å². The summed E-state index contributed by atoms with van der Waals surface area (Å²) >= 11 is 11.2. The molecule has 1 aliphatic heterocycles. The van der Waals surface area contributed by atoms with Gasteiger partial charge in [-0.15, -0.1) is 0 Å². The van der Waals surface area contributed by atoms with Crippen LogP contribution < -0.4 is 0 Å². The molecule has 1 aliphatic rings. The van der Waals surface area contributed by atoms with Crippen molar-refractivity contribution in [2.75, 3.05) is 6.54 Å². The topological polar surface area (TPSA) is 42.7 Å². The van der Waals surface area contributed by atoms with Crippen molar-refractivity contribution in [1.29, 1.82) is 0 Å². The van der Waals surface area contributed by atoms with E-state index in [1.54, 1.807) is 26.2 Å². The van der Waals surface area contributed by atoms with Gasteiger partial charge in [-0.25, -0.2) is 0 Å². The highest BCUT2D eigenvalue weighted by atomic mass is 35.5. The van der Waals surface area contributed by atoms with Gasteiger partial charge in [0.2, 0.25) is 0 Å². The van der Waals surface area contributed by atoms with E-state index < -0.39 is 10.6 Å². The van der Waals surface area contributed by atoms with Crippen LogP contribution in [0.4, 0.5) is 0 Å². The molecule has 1 aromatic heterocycles. The first kappa shape index (κ1) is 12.7. The number of amides is 1. The van der Waals surface area contributed by atoms with Gasteiger partial charge in [-0.05, 0) is 26.0 Å². The summed E-state index contributed by atoms with van der Waals surface area (Å²) < 4.78 is 11.0. The number of hydrogen-bond donors (Lipinski definition) is 0. The lowest BCUT2D eigenvalue weighted by atomic mass is 10.2. The molecule has 0 N–H and O–H groups in total. The lowest BCUT2D eigenvalue weighted by Gasteiger charge is -2.29. The minimum atomic E-state index is -1.08. The van der Waals surface area contributed by atoms with E-state index in [0.29, 0.717) is 12.3 Å². The number of halogens is 2. The number of furan rings is 1. The summed E-state index contributed by atoms with van der Waals surface area (Å²) in [7, 11) is 0. The Morgan fingerprint density at radius 1 is 1.59 bits per heavy atom. The first-order chi connectivity index (χ1) is 7.92. The van der Waals surface area contributed by atoms with Gasteiger partial charge in [0, 0.05) is 0 Å². The normalized spacial score (nSPS) is 23.4. The Morgan fingerprint density at radius 2 is 2.29 bits per heavy atom. The number of rotatable bonds is 2. The molecule has 0 spiro atoms. The van der Waals surface area contributed by atoms with Gasteiger partial charge in [-0.3, -0.25) is 4.79 Å². The van der Waals surface area contributed by atoms with E-state index in [-0.39, 0.29) is 12.0 Å². The Labute approximate surface area is 109 Å². The van der Waals surface area contributed by atoms with Gasteiger partial charge >= 0.3 is 0 Å². The maximum Gasteiger partial charge on any atom is 0.258 e. The molecule has 1 atom stereocenters. The first-order valence-electron chi connectivity index (χ1n) is 5.22. The van der Waals surface area contributed by atoms with E-state index in [9.17, 15) is 4.79 Å². The Morgan fingerprint density at radius 3 is 2.82 bits per heavy atom. The number of carbonyl (C=O) groups excluding carboxylic acids is 1. The highest BCUT2D eigenvalue weighted by Gasteiger charge is 2.44. The average molecular weight is 278 g/mol. The van der Waals surface area contributed by atoms with Crippen LogP contribution in [0.3, 0.4) is 0 Å². The quantitative estimate of drug-likeness (QED) is 0.781. The molecule has 1 fully saturated rings. The Hall–Kier alpha value is -0.710. The maximum absolute atomic E-state index is 11.8. The Balaban J connectivity index is 2.18. The van der Waals surface area contributed by atoms with Crippen molar-refractivity contribution in [3.63, 3.8) is 0 Å². The standard InChI is InChI=1S/C11H13Cl2NO3/c1-11(2)14(10(15)9(12)13)6-8(17-11)7-4-3-5-16-7/h3-5,8-9H,6H2,1-2H3/t8-/m1/s1. The van der Waals surface area contributed by atoms with Gasteiger partial charge in [0.25, 0.3) is 5.91 Å². The van der Waals surface area contributed by atoms with Crippen molar-refractivity contribution < 1.29 is 13.9 Å². The Kier molecular flexibility index (Phi) is 3.39. The summed E-state index contributed by atoms with van der Waals surface area (Å²) in [6.07, 6.45) is 1.29. The number of nitrogens with zero attached hydrogens (tertiary/aromatic N) is 1. The second-order valence-corrected chi connectivity index (χ2v) is 5.41. The lowest BCUT2D eigenvalue weighted by molar-refractivity contribution is -0.144. The van der Waals surface area contributed by atoms with Crippen molar-refractivity contribution in [3.8, 4) is 0 Å². The number of hydrogen-bond acceptors (Lipinski definition) is 3. The largest absolute Gasteiger partial charge is 0.467 e. The monoisotopic (exact) mass is 277 g/mol. The molecule has 2 heterocycles. The van der Waals surface area contributed by atoms with E-state index in [2.05, 4.69) is 0 Å². The van der Waals surface area contributed by atoms with Gasteiger partial charge in [-0.1, -0.05) is 23.2 Å². The van der Waals surface area contributed by atoms with Crippen LogP contribution in [0.2, 0.25) is 0 Å². The smallest absolute Gasteiger partial charge is 0.258 e. The minimum absolute atomic E-state index is 0.281. The van der Waals surface area contributed by atoms with Crippen molar-refractivity contribution in [3.05, 3.63) is 24.2 Å². The fraction of sp³-hybridized carbons (Fsp3) is 0.545. The van der Waals surface area contributed by atoms with E-state index in [1.165, 1.54) is 4.90 Å². The molecule has 94 valence electrons. The molecule has 0 saturated carbocycles. The van der Waals surface area contributed by atoms with Crippen LogP contribution in [0, 0.1) is 0 Å². The number of ether oxygens (including phenoxy) is 1. The summed E-state index contributed by atoms with van der Waals surface area (Å²) in [5.74, 6) is 0.335.